The van der Waals surface area contributed by atoms with Crippen LogP contribution in [0.1, 0.15) is 75.0 Å². The van der Waals surface area contributed by atoms with E-state index in [1.165, 1.54) is 23.1 Å². The standard InChI is InChI=1S/C28H31N3O7/c1-4-37-28(36)38-21-8-5-18(6-9-21)24(32)29-20-11-13-30(14-12-20)25(33)19-7-10-22-23(15-19)27(35)31(26(22)34)16-17(2)3/h5-10,15,17,20H,4,11-14,16H2,1-3H3,(H,29,32). The molecule has 200 valence electrons. The van der Waals surface area contributed by atoms with E-state index in [1.54, 1.807) is 36.1 Å². The minimum Gasteiger partial charge on any atom is -0.434 e. The van der Waals surface area contributed by atoms with Crippen LogP contribution in [0.15, 0.2) is 42.5 Å². The maximum absolute atomic E-state index is 13.1. The molecule has 0 saturated carbocycles. The normalized spacial score (nSPS) is 15.5. The molecule has 0 bridgehead atoms. The summed E-state index contributed by atoms with van der Waals surface area (Å²) in [6.07, 6.45) is 0.345. The lowest BCUT2D eigenvalue weighted by molar-refractivity contribution is 0.0634. The fraction of sp³-hybridized carbons (Fsp3) is 0.393. The zero-order chi connectivity index (χ0) is 27.4. The Morgan fingerprint density at radius 1 is 0.947 bits per heavy atom. The Labute approximate surface area is 220 Å². The van der Waals surface area contributed by atoms with Gasteiger partial charge in [0.15, 0.2) is 0 Å². The molecule has 10 nitrogen and oxygen atoms in total. The lowest BCUT2D eigenvalue weighted by Gasteiger charge is -2.32. The van der Waals surface area contributed by atoms with Crippen molar-refractivity contribution >= 4 is 29.8 Å². The number of hydrogen-bond donors (Lipinski definition) is 1. The predicted octanol–water partition coefficient (Wildman–Crippen LogP) is 3.51. The first-order chi connectivity index (χ1) is 18.2. The van der Waals surface area contributed by atoms with Crippen LogP contribution in [0.3, 0.4) is 0 Å². The number of hydrogen-bond acceptors (Lipinski definition) is 7. The third kappa shape index (κ3) is 5.85. The average molecular weight is 522 g/mol. The van der Waals surface area contributed by atoms with Crippen LogP contribution < -0.4 is 10.1 Å². The number of carbonyl (C=O) groups is 5. The van der Waals surface area contributed by atoms with Crippen molar-refractivity contribution in [1.82, 2.24) is 15.1 Å². The molecule has 0 radical (unpaired) electrons. The van der Waals surface area contributed by atoms with E-state index in [-0.39, 0.29) is 53.5 Å². The van der Waals surface area contributed by atoms with E-state index >= 15 is 0 Å². The summed E-state index contributed by atoms with van der Waals surface area (Å²) in [4.78, 5) is 65.5. The van der Waals surface area contributed by atoms with Crippen molar-refractivity contribution in [1.29, 1.82) is 0 Å². The quantitative estimate of drug-likeness (QED) is 0.336. The molecule has 0 spiro atoms. The number of rotatable bonds is 7. The van der Waals surface area contributed by atoms with Gasteiger partial charge in [-0.3, -0.25) is 24.1 Å². The van der Waals surface area contributed by atoms with Gasteiger partial charge in [0.2, 0.25) is 0 Å². The number of amides is 4. The van der Waals surface area contributed by atoms with Gasteiger partial charge in [-0.2, -0.15) is 0 Å². The van der Waals surface area contributed by atoms with E-state index < -0.39 is 6.16 Å². The number of benzene rings is 2. The van der Waals surface area contributed by atoms with E-state index in [1.807, 2.05) is 13.8 Å². The first kappa shape index (κ1) is 26.8. The Balaban J connectivity index is 1.31. The summed E-state index contributed by atoms with van der Waals surface area (Å²) in [6, 6.07) is 10.7. The second-order valence-electron chi connectivity index (χ2n) is 9.72. The van der Waals surface area contributed by atoms with Crippen molar-refractivity contribution in [3.63, 3.8) is 0 Å². The molecular weight excluding hydrogens is 490 g/mol. The smallest absolute Gasteiger partial charge is 0.434 e. The lowest BCUT2D eigenvalue weighted by Crippen LogP contribution is -2.46. The van der Waals surface area contributed by atoms with E-state index in [0.29, 0.717) is 49.2 Å². The van der Waals surface area contributed by atoms with E-state index in [2.05, 4.69) is 5.32 Å². The molecular formula is C28H31N3O7. The Morgan fingerprint density at radius 3 is 2.21 bits per heavy atom. The highest BCUT2D eigenvalue weighted by molar-refractivity contribution is 6.22. The van der Waals surface area contributed by atoms with E-state index in [9.17, 15) is 24.0 Å². The molecule has 4 rings (SSSR count). The van der Waals surface area contributed by atoms with E-state index in [4.69, 9.17) is 9.47 Å². The number of carbonyl (C=O) groups excluding carboxylic acids is 5. The molecule has 2 aliphatic rings. The van der Waals surface area contributed by atoms with Crippen LogP contribution in [0.25, 0.3) is 0 Å². The van der Waals surface area contributed by atoms with Gasteiger partial charge in [-0.05, 0) is 68.1 Å². The van der Waals surface area contributed by atoms with Crippen molar-refractivity contribution in [3.8, 4) is 5.75 Å². The minimum absolute atomic E-state index is 0.106. The average Bonchev–Trinajstić information content (AvgIpc) is 3.13. The van der Waals surface area contributed by atoms with Crippen LogP contribution in [-0.4, -0.2) is 71.9 Å². The third-order valence-corrected chi connectivity index (χ3v) is 6.46. The number of ether oxygens (including phenoxy) is 2. The molecule has 0 aromatic heterocycles. The van der Waals surface area contributed by atoms with Gasteiger partial charge in [-0.15, -0.1) is 0 Å². The van der Waals surface area contributed by atoms with Crippen LogP contribution >= 0.6 is 0 Å². The van der Waals surface area contributed by atoms with Gasteiger partial charge in [-0.1, -0.05) is 13.8 Å². The van der Waals surface area contributed by atoms with Crippen LogP contribution in [0, 0.1) is 5.92 Å². The summed E-state index contributed by atoms with van der Waals surface area (Å²) >= 11 is 0. The molecule has 10 heteroatoms. The van der Waals surface area contributed by atoms with Crippen LogP contribution in [0.2, 0.25) is 0 Å². The second kappa shape index (κ2) is 11.5. The molecule has 2 aromatic carbocycles. The monoisotopic (exact) mass is 521 g/mol. The molecule has 4 amide bonds. The SMILES string of the molecule is CCOC(=O)Oc1ccc(C(=O)NC2CCN(C(=O)c3ccc4c(c3)C(=O)N(CC(C)C)C4=O)CC2)cc1. The molecule has 1 N–H and O–H groups in total. The van der Waals surface area contributed by atoms with Crippen LogP contribution in [0.5, 0.6) is 5.75 Å². The summed E-state index contributed by atoms with van der Waals surface area (Å²) < 4.78 is 9.72. The molecule has 0 atom stereocenters. The molecule has 2 heterocycles. The molecule has 0 aliphatic carbocycles. The molecule has 38 heavy (non-hydrogen) atoms. The molecule has 1 fully saturated rings. The highest BCUT2D eigenvalue weighted by Gasteiger charge is 2.36. The van der Waals surface area contributed by atoms with Crippen molar-refractivity contribution in [3.05, 3.63) is 64.7 Å². The topological polar surface area (TPSA) is 122 Å². The number of fused-ring (bicyclic) bond motifs is 1. The Morgan fingerprint density at radius 2 is 1.58 bits per heavy atom. The van der Waals surface area contributed by atoms with Gasteiger partial charge in [0.05, 0.1) is 17.7 Å². The summed E-state index contributed by atoms with van der Waals surface area (Å²) in [7, 11) is 0. The van der Waals surface area contributed by atoms with Gasteiger partial charge in [0.25, 0.3) is 23.6 Å². The second-order valence-corrected chi connectivity index (χ2v) is 9.72. The highest BCUT2D eigenvalue weighted by Crippen LogP contribution is 2.26. The molecule has 0 unspecified atom stereocenters. The maximum atomic E-state index is 13.1. The number of imide groups is 1. The molecule has 2 aliphatic heterocycles. The first-order valence-corrected chi connectivity index (χ1v) is 12.7. The highest BCUT2D eigenvalue weighted by atomic mass is 16.7. The summed E-state index contributed by atoms with van der Waals surface area (Å²) in [5.41, 5.74) is 1.38. The zero-order valence-corrected chi connectivity index (χ0v) is 21.7. The summed E-state index contributed by atoms with van der Waals surface area (Å²) in [5, 5.41) is 2.98. The van der Waals surface area contributed by atoms with Gasteiger partial charge in [0, 0.05) is 36.8 Å². The maximum Gasteiger partial charge on any atom is 0.513 e. The van der Waals surface area contributed by atoms with Crippen LogP contribution in [-0.2, 0) is 4.74 Å². The first-order valence-electron chi connectivity index (χ1n) is 12.7. The minimum atomic E-state index is -0.806. The number of nitrogens with one attached hydrogen (secondary N) is 1. The van der Waals surface area contributed by atoms with Crippen molar-refractivity contribution in [2.45, 2.75) is 39.7 Å². The van der Waals surface area contributed by atoms with Crippen LogP contribution in [0.4, 0.5) is 4.79 Å². The number of piperidine rings is 1. The summed E-state index contributed by atoms with van der Waals surface area (Å²) in [6.45, 7) is 6.97. The Bertz CT molecular complexity index is 1250. The third-order valence-electron chi connectivity index (χ3n) is 6.46. The number of nitrogens with zero attached hydrogens (tertiary/aromatic N) is 2. The van der Waals surface area contributed by atoms with Gasteiger partial charge in [-0.25, -0.2) is 4.79 Å². The van der Waals surface area contributed by atoms with Gasteiger partial charge >= 0.3 is 6.16 Å². The fourth-order valence-corrected chi connectivity index (χ4v) is 4.55. The van der Waals surface area contributed by atoms with Crippen molar-refractivity contribution in [2.75, 3.05) is 26.2 Å². The lowest BCUT2D eigenvalue weighted by atomic mass is 10.0. The van der Waals surface area contributed by atoms with E-state index in [0.717, 1.165) is 0 Å². The fourth-order valence-electron chi connectivity index (χ4n) is 4.55. The zero-order valence-electron chi connectivity index (χ0n) is 21.7. The molecule has 2 aromatic rings. The predicted molar refractivity (Wildman–Crippen MR) is 137 cm³/mol. The molecule has 1 saturated heterocycles. The Kier molecular flexibility index (Phi) is 8.09. The van der Waals surface area contributed by atoms with Gasteiger partial charge in [0.1, 0.15) is 5.75 Å². The van der Waals surface area contributed by atoms with Crippen molar-refractivity contribution < 1.29 is 33.4 Å². The summed E-state index contributed by atoms with van der Waals surface area (Å²) in [5.74, 6) is -0.741. The largest absolute Gasteiger partial charge is 0.513 e. The van der Waals surface area contributed by atoms with Gasteiger partial charge < -0.3 is 19.7 Å². The van der Waals surface area contributed by atoms with Crippen molar-refractivity contribution in [2.24, 2.45) is 5.92 Å². The Hall–Kier alpha value is -4.21. The number of likely N-dealkylation sites (tertiary alicyclic amines) is 1.